The van der Waals surface area contributed by atoms with Gasteiger partial charge >= 0.3 is 0 Å². The number of halogens is 2. The van der Waals surface area contributed by atoms with Crippen LogP contribution in [0.4, 0.5) is 10.1 Å². The maximum Gasteiger partial charge on any atom is 0.255 e. The third kappa shape index (κ3) is 4.58. The summed E-state index contributed by atoms with van der Waals surface area (Å²) in [6, 6.07) is 20.4. The van der Waals surface area contributed by atoms with Gasteiger partial charge in [0.2, 0.25) is 0 Å². The van der Waals surface area contributed by atoms with Crippen LogP contribution in [0.3, 0.4) is 0 Å². The average molecular weight is 356 g/mol. The van der Waals surface area contributed by atoms with Gasteiger partial charge in [-0.05, 0) is 42.0 Å². The van der Waals surface area contributed by atoms with E-state index in [1.807, 2.05) is 30.3 Å². The van der Waals surface area contributed by atoms with Crippen molar-refractivity contribution in [2.24, 2.45) is 0 Å². The number of hydrogen-bond donors (Lipinski definition) is 1. The van der Waals surface area contributed by atoms with E-state index in [0.29, 0.717) is 23.6 Å². The molecule has 0 saturated heterocycles. The van der Waals surface area contributed by atoms with Gasteiger partial charge in [0.15, 0.2) is 0 Å². The predicted octanol–water partition coefficient (Wildman–Crippen LogP) is 5.31. The lowest BCUT2D eigenvalue weighted by Gasteiger charge is -2.10. The summed E-state index contributed by atoms with van der Waals surface area (Å²) in [6.07, 6.45) is 0. The first kappa shape index (κ1) is 17.0. The van der Waals surface area contributed by atoms with Gasteiger partial charge in [-0.3, -0.25) is 4.79 Å². The van der Waals surface area contributed by atoms with E-state index in [2.05, 4.69) is 5.32 Å². The topological polar surface area (TPSA) is 38.3 Å². The maximum atomic E-state index is 13.1. The second-order valence-corrected chi connectivity index (χ2v) is 5.79. The third-order valence-corrected chi connectivity index (χ3v) is 3.84. The fourth-order valence-corrected chi connectivity index (χ4v) is 2.47. The lowest BCUT2D eigenvalue weighted by Crippen LogP contribution is -2.12. The molecule has 0 unspecified atom stereocenters. The lowest BCUT2D eigenvalue weighted by atomic mass is 10.2. The van der Waals surface area contributed by atoms with Gasteiger partial charge in [0.1, 0.15) is 18.2 Å². The number of anilines is 1. The van der Waals surface area contributed by atoms with Crippen LogP contribution in [0.25, 0.3) is 0 Å². The summed E-state index contributed by atoms with van der Waals surface area (Å²) in [5.41, 5.74) is 1.81. The second-order valence-electron chi connectivity index (χ2n) is 5.38. The molecule has 1 amide bonds. The molecule has 0 bridgehead atoms. The van der Waals surface area contributed by atoms with Crippen molar-refractivity contribution < 1.29 is 13.9 Å². The Labute approximate surface area is 150 Å². The van der Waals surface area contributed by atoms with E-state index < -0.39 is 5.82 Å². The van der Waals surface area contributed by atoms with Crippen LogP contribution in [-0.2, 0) is 6.61 Å². The molecule has 0 aliphatic heterocycles. The van der Waals surface area contributed by atoms with Gasteiger partial charge in [-0.15, -0.1) is 0 Å². The van der Waals surface area contributed by atoms with Gasteiger partial charge in [0, 0.05) is 5.56 Å². The summed E-state index contributed by atoms with van der Waals surface area (Å²) in [5.74, 6) is -0.223. The summed E-state index contributed by atoms with van der Waals surface area (Å²) in [6.45, 7) is 0.412. The number of amides is 1. The average Bonchev–Trinajstić information content (AvgIpc) is 2.63. The lowest BCUT2D eigenvalue weighted by molar-refractivity contribution is 0.102. The van der Waals surface area contributed by atoms with Gasteiger partial charge in [0.25, 0.3) is 5.91 Å². The van der Waals surface area contributed by atoms with Gasteiger partial charge in [-0.2, -0.15) is 0 Å². The van der Waals surface area contributed by atoms with E-state index in [4.69, 9.17) is 16.3 Å². The molecular weight excluding hydrogens is 341 g/mol. The van der Waals surface area contributed by atoms with E-state index in [-0.39, 0.29) is 10.9 Å². The maximum absolute atomic E-state index is 13.1. The molecule has 0 atom stereocenters. The van der Waals surface area contributed by atoms with Crippen molar-refractivity contribution in [3.05, 3.63) is 94.8 Å². The first-order chi connectivity index (χ1) is 12.1. The monoisotopic (exact) mass is 355 g/mol. The molecule has 1 N–H and O–H groups in total. The zero-order valence-corrected chi connectivity index (χ0v) is 14.0. The fourth-order valence-electron chi connectivity index (χ4n) is 2.25. The van der Waals surface area contributed by atoms with Crippen molar-refractivity contribution in [3.8, 4) is 5.75 Å². The van der Waals surface area contributed by atoms with Crippen LogP contribution in [0.1, 0.15) is 15.9 Å². The zero-order chi connectivity index (χ0) is 17.6. The number of hydrogen-bond acceptors (Lipinski definition) is 2. The Bertz CT molecular complexity index is 884. The number of rotatable bonds is 5. The summed E-state index contributed by atoms with van der Waals surface area (Å²) >= 11 is 5.93. The van der Waals surface area contributed by atoms with Crippen molar-refractivity contribution in [1.29, 1.82) is 0 Å². The van der Waals surface area contributed by atoms with E-state index in [9.17, 15) is 9.18 Å². The van der Waals surface area contributed by atoms with E-state index >= 15 is 0 Å². The van der Waals surface area contributed by atoms with Crippen LogP contribution in [0.5, 0.6) is 5.75 Å². The van der Waals surface area contributed by atoms with E-state index in [1.165, 1.54) is 12.1 Å². The van der Waals surface area contributed by atoms with Gasteiger partial charge in [-0.25, -0.2) is 4.39 Å². The summed E-state index contributed by atoms with van der Waals surface area (Å²) in [4.78, 5) is 12.4. The second kappa shape index (κ2) is 7.81. The standard InChI is InChI=1S/C20H15ClFNO2/c21-18-12-16(22)9-10-19(18)23-20(24)15-7-4-8-17(11-15)25-13-14-5-2-1-3-6-14/h1-12H,13H2,(H,23,24). The summed E-state index contributed by atoms with van der Waals surface area (Å²) in [7, 11) is 0. The summed E-state index contributed by atoms with van der Waals surface area (Å²) in [5, 5.41) is 2.80. The Kier molecular flexibility index (Phi) is 5.31. The zero-order valence-electron chi connectivity index (χ0n) is 13.2. The fraction of sp³-hybridized carbons (Fsp3) is 0.0500. The molecule has 3 aromatic rings. The van der Waals surface area contributed by atoms with Crippen LogP contribution in [0.2, 0.25) is 5.02 Å². The smallest absolute Gasteiger partial charge is 0.255 e. The van der Waals surface area contributed by atoms with Crippen molar-refractivity contribution >= 4 is 23.2 Å². The SMILES string of the molecule is O=C(Nc1ccc(F)cc1Cl)c1cccc(OCc2ccccc2)c1. The van der Waals surface area contributed by atoms with Crippen LogP contribution >= 0.6 is 11.6 Å². The Balaban J connectivity index is 1.69. The molecular formula is C20H15ClFNO2. The Hall–Kier alpha value is -2.85. The molecule has 3 rings (SSSR count). The van der Waals surface area contributed by atoms with Crippen molar-refractivity contribution in [3.63, 3.8) is 0 Å². The van der Waals surface area contributed by atoms with Gasteiger partial charge in [0.05, 0.1) is 10.7 Å². The Morgan fingerprint density at radius 2 is 1.80 bits per heavy atom. The predicted molar refractivity (Wildman–Crippen MR) is 96.6 cm³/mol. The minimum absolute atomic E-state index is 0.143. The quantitative estimate of drug-likeness (QED) is 0.673. The molecule has 0 fully saturated rings. The number of carbonyl (C=O) groups is 1. The third-order valence-electron chi connectivity index (χ3n) is 3.52. The van der Waals surface area contributed by atoms with Crippen molar-refractivity contribution in [2.75, 3.05) is 5.32 Å². The molecule has 0 aliphatic rings. The molecule has 3 nitrogen and oxygen atoms in total. The molecule has 126 valence electrons. The Morgan fingerprint density at radius 1 is 1.00 bits per heavy atom. The number of benzene rings is 3. The molecule has 3 aromatic carbocycles. The van der Waals surface area contributed by atoms with Crippen LogP contribution in [0, 0.1) is 5.82 Å². The minimum atomic E-state index is -0.459. The highest BCUT2D eigenvalue weighted by molar-refractivity contribution is 6.33. The Morgan fingerprint density at radius 3 is 2.56 bits per heavy atom. The molecule has 0 heterocycles. The highest BCUT2D eigenvalue weighted by Gasteiger charge is 2.10. The van der Waals surface area contributed by atoms with Gasteiger partial charge in [-0.1, -0.05) is 48.0 Å². The highest BCUT2D eigenvalue weighted by Crippen LogP contribution is 2.23. The molecule has 0 saturated carbocycles. The van der Waals surface area contributed by atoms with Crippen LogP contribution in [0.15, 0.2) is 72.8 Å². The molecule has 25 heavy (non-hydrogen) atoms. The number of nitrogens with one attached hydrogen (secondary N) is 1. The first-order valence-corrected chi connectivity index (χ1v) is 8.03. The highest BCUT2D eigenvalue weighted by atomic mass is 35.5. The van der Waals surface area contributed by atoms with Crippen molar-refractivity contribution in [1.82, 2.24) is 0 Å². The van der Waals surface area contributed by atoms with E-state index in [1.54, 1.807) is 24.3 Å². The molecule has 0 radical (unpaired) electrons. The molecule has 0 aromatic heterocycles. The van der Waals surface area contributed by atoms with Crippen LogP contribution < -0.4 is 10.1 Å². The number of ether oxygens (including phenoxy) is 1. The van der Waals surface area contributed by atoms with Gasteiger partial charge < -0.3 is 10.1 Å². The normalized spacial score (nSPS) is 10.3. The minimum Gasteiger partial charge on any atom is -0.489 e. The largest absolute Gasteiger partial charge is 0.489 e. The first-order valence-electron chi connectivity index (χ1n) is 7.65. The molecule has 0 aliphatic carbocycles. The van der Waals surface area contributed by atoms with Crippen LogP contribution in [-0.4, -0.2) is 5.91 Å². The van der Waals surface area contributed by atoms with Crippen molar-refractivity contribution in [2.45, 2.75) is 6.61 Å². The number of carbonyl (C=O) groups excluding carboxylic acids is 1. The summed E-state index contributed by atoms with van der Waals surface area (Å²) < 4.78 is 18.8. The van der Waals surface area contributed by atoms with E-state index in [0.717, 1.165) is 11.6 Å². The molecule has 5 heteroatoms. The molecule has 0 spiro atoms.